The predicted octanol–water partition coefficient (Wildman–Crippen LogP) is 5.88. The number of rotatable bonds is 6. The Bertz CT molecular complexity index is 1020. The van der Waals surface area contributed by atoms with Gasteiger partial charge in [-0.3, -0.25) is 0 Å². The number of benzene rings is 2. The molecule has 0 aliphatic carbocycles. The van der Waals surface area contributed by atoms with Gasteiger partial charge in [0.2, 0.25) is 0 Å². The van der Waals surface area contributed by atoms with Gasteiger partial charge in [-0.25, -0.2) is 0 Å². The van der Waals surface area contributed by atoms with Crippen LogP contribution in [0, 0.1) is 0 Å². The summed E-state index contributed by atoms with van der Waals surface area (Å²) in [4.78, 5) is 0. The Kier molecular flexibility index (Phi) is 5.02. The molecule has 2 heterocycles. The van der Waals surface area contributed by atoms with E-state index < -0.39 is 0 Å². The van der Waals surface area contributed by atoms with E-state index in [1.807, 2.05) is 30.3 Å². The number of aromatic nitrogens is 1. The second kappa shape index (κ2) is 7.58. The van der Waals surface area contributed by atoms with Crippen LogP contribution in [0.15, 0.2) is 71.5 Å². The van der Waals surface area contributed by atoms with Crippen molar-refractivity contribution in [2.45, 2.75) is 19.6 Å². The van der Waals surface area contributed by atoms with E-state index in [4.69, 9.17) is 27.6 Å². The monoisotopic (exact) mass is 384 g/mol. The number of fused-ring (bicyclic) bond motifs is 1. The Morgan fingerprint density at radius 2 is 1.81 bits per heavy atom. The van der Waals surface area contributed by atoms with E-state index in [-0.39, 0.29) is 0 Å². The first-order chi connectivity index (χ1) is 12.7. The van der Waals surface area contributed by atoms with Crippen molar-refractivity contribution in [2.75, 3.05) is 0 Å². The minimum atomic E-state index is 0.579. The average Bonchev–Trinajstić information content (AvgIpc) is 3.27. The summed E-state index contributed by atoms with van der Waals surface area (Å²) >= 11 is 12.2. The highest BCUT2D eigenvalue weighted by Crippen LogP contribution is 2.26. The number of nitrogens with one attached hydrogen (secondary N) is 1. The summed E-state index contributed by atoms with van der Waals surface area (Å²) in [6, 6.07) is 18.1. The highest BCUT2D eigenvalue weighted by atomic mass is 35.5. The van der Waals surface area contributed by atoms with E-state index in [2.05, 4.69) is 40.3 Å². The number of nitrogens with zero attached hydrogens (tertiary/aromatic N) is 1. The number of furan rings is 1. The standard InChI is InChI=1S/C21H18Cl2N2O/c22-19-8-7-15(10-20(19)23)13-25-14-16(18-5-1-2-6-21(18)25)11-24-12-17-4-3-9-26-17/h1-10,14,24H,11-13H2. The van der Waals surface area contributed by atoms with Crippen LogP contribution < -0.4 is 5.32 Å². The molecule has 2 aromatic carbocycles. The van der Waals surface area contributed by atoms with Gasteiger partial charge in [-0.2, -0.15) is 0 Å². The first-order valence-electron chi connectivity index (χ1n) is 8.44. The molecule has 0 radical (unpaired) electrons. The van der Waals surface area contributed by atoms with Gasteiger partial charge < -0.3 is 14.3 Å². The lowest BCUT2D eigenvalue weighted by atomic mass is 10.2. The van der Waals surface area contributed by atoms with Crippen LogP contribution in [-0.4, -0.2) is 4.57 Å². The predicted molar refractivity (Wildman–Crippen MR) is 107 cm³/mol. The molecule has 0 amide bonds. The van der Waals surface area contributed by atoms with Gasteiger partial charge in [-0.15, -0.1) is 0 Å². The molecule has 0 fully saturated rings. The molecule has 0 atom stereocenters. The highest BCUT2D eigenvalue weighted by Gasteiger charge is 2.09. The molecule has 4 rings (SSSR count). The molecule has 4 aromatic rings. The number of para-hydroxylation sites is 1. The molecule has 132 valence electrons. The van der Waals surface area contributed by atoms with Gasteiger partial charge in [0.25, 0.3) is 0 Å². The zero-order chi connectivity index (χ0) is 17.9. The Morgan fingerprint density at radius 1 is 0.923 bits per heavy atom. The molecular formula is C21H18Cl2N2O. The molecule has 3 nitrogen and oxygen atoms in total. The van der Waals surface area contributed by atoms with E-state index in [1.165, 1.54) is 16.5 Å². The molecule has 0 spiro atoms. The zero-order valence-corrected chi connectivity index (χ0v) is 15.6. The van der Waals surface area contributed by atoms with Gasteiger partial charge in [0.15, 0.2) is 0 Å². The molecule has 1 N–H and O–H groups in total. The van der Waals surface area contributed by atoms with Gasteiger partial charge in [-0.05, 0) is 41.5 Å². The summed E-state index contributed by atoms with van der Waals surface area (Å²) in [7, 11) is 0. The fourth-order valence-electron chi connectivity index (χ4n) is 3.16. The van der Waals surface area contributed by atoms with Crippen LogP contribution in [0.25, 0.3) is 10.9 Å². The van der Waals surface area contributed by atoms with E-state index in [1.54, 1.807) is 6.26 Å². The third kappa shape index (κ3) is 3.65. The van der Waals surface area contributed by atoms with E-state index in [0.717, 1.165) is 24.4 Å². The van der Waals surface area contributed by atoms with Crippen LogP contribution in [0.3, 0.4) is 0 Å². The largest absolute Gasteiger partial charge is 0.468 e. The Labute approximate surface area is 162 Å². The number of halogens is 2. The van der Waals surface area contributed by atoms with Crippen molar-refractivity contribution in [3.8, 4) is 0 Å². The smallest absolute Gasteiger partial charge is 0.117 e. The normalized spacial score (nSPS) is 11.3. The van der Waals surface area contributed by atoms with E-state index in [9.17, 15) is 0 Å². The van der Waals surface area contributed by atoms with Crippen molar-refractivity contribution in [2.24, 2.45) is 0 Å². The lowest BCUT2D eigenvalue weighted by Crippen LogP contribution is -2.11. The maximum absolute atomic E-state index is 6.16. The topological polar surface area (TPSA) is 30.1 Å². The fraction of sp³-hybridized carbons (Fsp3) is 0.143. The van der Waals surface area contributed by atoms with Crippen LogP contribution >= 0.6 is 23.2 Å². The van der Waals surface area contributed by atoms with Crippen LogP contribution in [0.1, 0.15) is 16.9 Å². The summed E-state index contributed by atoms with van der Waals surface area (Å²) in [5.74, 6) is 0.935. The molecule has 2 aromatic heterocycles. The molecule has 0 aliphatic heterocycles. The first kappa shape index (κ1) is 17.2. The van der Waals surface area contributed by atoms with Gasteiger partial charge in [0, 0.05) is 30.2 Å². The van der Waals surface area contributed by atoms with Crippen molar-refractivity contribution in [3.05, 3.63) is 94.0 Å². The van der Waals surface area contributed by atoms with Crippen LogP contribution in [0.5, 0.6) is 0 Å². The lowest BCUT2D eigenvalue weighted by Gasteiger charge is -2.07. The summed E-state index contributed by atoms with van der Waals surface area (Å²) in [6.45, 7) is 2.23. The van der Waals surface area contributed by atoms with Crippen molar-refractivity contribution in [3.63, 3.8) is 0 Å². The molecule has 0 bridgehead atoms. The minimum absolute atomic E-state index is 0.579. The van der Waals surface area contributed by atoms with Crippen molar-refractivity contribution >= 4 is 34.1 Å². The molecule has 0 saturated heterocycles. The van der Waals surface area contributed by atoms with Gasteiger partial charge in [0.1, 0.15) is 5.76 Å². The molecule has 5 heteroatoms. The Balaban J connectivity index is 1.57. The summed E-state index contributed by atoms with van der Waals surface area (Å²) in [6.07, 6.45) is 3.89. The first-order valence-corrected chi connectivity index (χ1v) is 9.20. The third-order valence-corrected chi connectivity index (χ3v) is 5.14. The van der Waals surface area contributed by atoms with Crippen molar-refractivity contribution in [1.82, 2.24) is 9.88 Å². The molecule has 26 heavy (non-hydrogen) atoms. The van der Waals surface area contributed by atoms with Gasteiger partial charge in [0.05, 0.1) is 22.9 Å². The Morgan fingerprint density at radius 3 is 2.62 bits per heavy atom. The zero-order valence-electron chi connectivity index (χ0n) is 14.1. The molecule has 0 saturated carbocycles. The second-order valence-electron chi connectivity index (χ2n) is 6.23. The second-order valence-corrected chi connectivity index (χ2v) is 7.05. The molecule has 0 aliphatic rings. The fourth-order valence-corrected chi connectivity index (χ4v) is 3.48. The maximum atomic E-state index is 6.16. The maximum Gasteiger partial charge on any atom is 0.117 e. The highest BCUT2D eigenvalue weighted by molar-refractivity contribution is 6.42. The van der Waals surface area contributed by atoms with Crippen molar-refractivity contribution in [1.29, 1.82) is 0 Å². The van der Waals surface area contributed by atoms with E-state index >= 15 is 0 Å². The van der Waals surface area contributed by atoms with Crippen LogP contribution in [-0.2, 0) is 19.6 Å². The molecule has 0 unspecified atom stereocenters. The third-order valence-electron chi connectivity index (χ3n) is 4.40. The van der Waals surface area contributed by atoms with Crippen LogP contribution in [0.4, 0.5) is 0 Å². The number of hydrogen-bond donors (Lipinski definition) is 1. The lowest BCUT2D eigenvalue weighted by molar-refractivity contribution is 0.483. The van der Waals surface area contributed by atoms with Crippen LogP contribution in [0.2, 0.25) is 10.0 Å². The average molecular weight is 385 g/mol. The number of hydrogen-bond acceptors (Lipinski definition) is 2. The van der Waals surface area contributed by atoms with Gasteiger partial charge >= 0.3 is 0 Å². The summed E-state index contributed by atoms with van der Waals surface area (Å²) in [5.41, 5.74) is 3.58. The summed E-state index contributed by atoms with van der Waals surface area (Å²) < 4.78 is 7.62. The van der Waals surface area contributed by atoms with Crippen molar-refractivity contribution < 1.29 is 4.42 Å². The quantitative estimate of drug-likeness (QED) is 0.449. The molecular weight excluding hydrogens is 367 g/mol. The van der Waals surface area contributed by atoms with Gasteiger partial charge in [-0.1, -0.05) is 47.5 Å². The minimum Gasteiger partial charge on any atom is -0.468 e. The summed E-state index contributed by atoms with van der Waals surface area (Å²) in [5, 5.41) is 5.86. The Hall–Kier alpha value is -2.20. The van der Waals surface area contributed by atoms with E-state index in [0.29, 0.717) is 16.6 Å². The SMILES string of the molecule is Clc1ccc(Cn2cc(CNCc3ccco3)c3ccccc32)cc1Cl.